The van der Waals surface area contributed by atoms with Gasteiger partial charge in [-0.2, -0.15) is 0 Å². The molecule has 0 radical (unpaired) electrons. The lowest BCUT2D eigenvalue weighted by Crippen LogP contribution is -2.08. The van der Waals surface area contributed by atoms with E-state index in [9.17, 15) is 4.79 Å². The van der Waals surface area contributed by atoms with Gasteiger partial charge >= 0.3 is 5.97 Å². The van der Waals surface area contributed by atoms with E-state index in [0.717, 1.165) is 12.0 Å². The summed E-state index contributed by atoms with van der Waals surface area (Å²) in [4.78, 5) is 10.8. The van der Waals surface area contributed by atoms with Crippen molar-refractivity contribution < 1.29 is 14.6 Å². The summed E-state index contributed by atoms with van der Waals surface area (Å²) < 4.78 is 5.62. The predicted octanol–water partition coefficient (Wildman–Crippen LogP) is 3.12. The summed E-state index contributed by atoms with van der Waals surface area (Å²) in [7, 11) is 0. The molecule has 1 aromatic rings. The summed E-state index contributed by atoms with van der Waals surface area (Å²) in [5.41, 5.74) is 1.23. The second-order valence-corrected chi connectivity index (χ2v) is 4.11. The molecule has 0 saturated carbocycles. The highest BCUT2D eigenvalue weighted by Gasteiger charge is 2.08. The van der Waals surface area contributed by atoms with Crippen LogP contribution < -0.4 is 4.74 Å². The molecule has 88 valence electrons. The van der Waals surface area contributed by atoms with Crippen LogP contribution in [0.1, 0.15) is 36.2 Å². The van der Waals surface area contributed by atoms with Crippen molar-refractivity contribution in [1.29, 1.82) is 0 Å². The van der Waals surface area contributed by atoms with Crippen LogP contribution in [-0.4, -0.2) is 17.7 Å². The fourth-order valence-electron chi connectivity index (χ4n) is 1.24. The first kappa shape index (κ1) is 12.6. The van der Waals surface area contributed by atoms with Gasteiger partial charge in [0.2, 0.25) is 0 Å². The van der Waals surface area contributed by atoms with E-state index in [4.69, 9.17) is 9.84 Å². The van der Waals surface area contributed by atoms with E-state index in [1.54, 1.807) is 18.2 Å². The highest BCUT2D eigenvalue weighted by Crippen LogP contribution is 2.20. The fourth-order valence-corrected chi connectivity index (χ4v) is 1.24. The maximum atomic E-state index is 10.8. The SMILES string of the molecule is CCC(C)COc1cc(C(=O)O)ccc1C. The average Bonchev–Trinajstić information content (AvgIpc) is 2.27. The molecule has 0 aliphatic heterocycles. The van der Waals surface area contributed by atoms with Gasteiger partial charge in [0.1, 0.15) is 5.75 Å². The molecule has 0 spiro atoms. The lowest BCUT2D eigenvalue weighted by atomic mass is 10.1. The molecule has 0 heterocycles. The van der Waals surface area contributed by atoms with E-state index in [1.807, 2.05) is 6.92 Å². The Kier molecular flexibility index (Phi) is 4.35. The monoisotopic (exact) mass is 222 g/mol. The summed E-state index contributed by atoms with van der Waals surface area (Å²) in [6, 6.07) is 4.95. The smallest absolute Gasteiger partial charge is 0.335 e. The second kappa shape index (κ2) is 5.54. The Hall–Kier alpha value is -1.51. The van der Waals surface area contributed by atoms with E-state index >= 15 is 0 Å². The number of aromatic carboxylic acids is 1. The summed E-state index contributed by atoms with van der Waals surface area (Å²) in [6.07, 6.45) is 1.05. The van der Waals surface area contributed by atoms with Crippen molar-refractivity contribution in [2.75, 3.05) is 6.61 Å². The van der Waals surface area contributed by atoms with Gasteiger partial charge in [-0.3, -0.25) is 0 Å². The van der Waals surface area contributed by atoms with E-state index in [-0.39, 0.29) is 5.56 Å². The predicted molar refractivity (Wildman–Crippen MR) is 63.1 cm³/mol. The first-order valence-electron chi connectivity index (χ1n) is 5.51. The largest absolute Gasteiger partial charge is 0.493 e. The molecule has 0 aliphatic rings. The molecule has 0 aromatic heterocycles. The minimum Gasteiger partial charge on any atom is -0.493 e. The molecule has 0 amide bonds. The van der Waals surface area contributed by atoms with Gasteiger partial charge in [0.25, 0.3) is 0 Å². The number of hydrogen-bond donors (Lipinski definition) is 1. The second-order valence-electron chi connectivity index (χ2n) is 4.11. The maximum absolute atomic E-state index is 10.8. The molecule has 1 atom stereocenters. The Labute approximate surface area is 96.1 Å². The quantitative estimate of drug-likeness (QED) is 0.832. The number of carbonyl (C=O) groups is 1. The van der Waals surface area contributed by atoms with Crippen molar-refractivity contribution in [3.05, 3.63) is 29.3 Å². The third-order valence-electron chi connectivity index (χ3n) is 2.66. The normalized spacial score (nSPS) is 12.2. The number of carboxylic acid groups (broad SMARTS) is 1. The fraction of sp³-hybridized carbons (Fsp3) is 0.462. The number of ether oxygens (including phenoxy) is 1. The van der Waals surface area contributed by atoms with Crippen molar-refractivity contribution in [1.82, 2.24) is 0 Å². The van der Waals surface area contributed by atoms with Crippen molar-refractivity contribution in [3.8, 4) is 5.75 Å². The molecule has 1 N–H and O–H groups in total. The first-order chi connectivity index (χ1) is 7.54. The van der Waals surface area contributed by atoms with Crippen LogP contribution in [0.2, 0.25) is 0 Å². The number of hydrogen-bond acceptors (Lipinski definition) is 2. The summed E-state index contributed by atoms with van der Waals surface area (Å²) in [5, 5.41) is 8.87. The zero-order chi connectivity index (χ0) is 12.1. The zero-order valence-corrected chi connectivity index (χ0v) is 9.99. The van der Waals surface area contributed by atoms with Crippen molar-refractivity contribution in [2.45, 2.75) is 27.2 Å². The average molecular weight is 222 g/mol. The van der Waals surface area contributed by atoms with E-state index in [2.05, 4.69) is 13.8 Å². The van der Waals surface area contributed by atoms with Crippen LogP contribution in [0.3, 0.4) is 0 Å². The van der Waals surface area contributed by atoms with Crippen LogP contribution in [0, 0.1) is 12.8 Å². The molecule has 0 aliphatic carbocycles. The minimum absolute atomic E-state index is 0.268. The molecular weight excluding hydrogens is 204 g/mol. The van der Waals surface area contributed by atoms with Crippen molar-refractivity contribution >= 4 is 5.97 Å². The number of aryl methyl sites for hydroxylation is 1. The van der Waals surface area contributed by atoms with Gasteiger partial charge in [-0.25, -0.2) is 4.79 Å². The van der Waals surface area contributed by atoms with Gasteiger partial charge in [-0.1, -0.05) is 26.3 Å². The van der Waals surface area contributed by atoms with E-state index < -0.39 is 5.97 Å². The zero-order valence-electron chi connectivity index (χ0n) is 9.99. The Morgan fingerprint density at radius 3 is 2.75 bits per heavy atom. The van der Waals surface area contributed by atoms with Gasteiger partial charge in [0.05, 0.1) is 12.2 Å². The lowest BCUT2D eigenvalue weighted by molar-refractivity contribution is 0.0696. The highest BCUT2D eigenvalue weighted by atomic mass is 16.5. The molecule has 1 unspecified atom stereocenters. The topological polar surface area (TPSA) is 46.5 Å². The van der Waals surface area contributed by atoms with Crippen LogP contribution >= 0.6 is 0 Å². The van der Waals surface area contributed by atoms with Crippen molar-refractivity contribution in [3.63, 3.8) is 0 Å². The first-order valence-corrected chi connectivity index (χ1v) is 5.51. The maximum Gasteiger partial charge on any atom is 0.335 e. The molecule has 16 heavy (non-hydrogen) atoms. The summed E-state index contributed by atoms with van der Waals surface area (Å²) in [6.45, 7) is 6.75. The summed E-state index contributed by atoms with van der Waals surface area (Å²) in [5.74, 6) is 0.224. The van der Waals surface area contributed by atoms with Crippen LogP contribution in [0.15, 0.2) is 18.2 Å². The molecule has 1 aromatic carbocycles. The van der Waals surface area contributed by atoms with Crippen LogP contribution in [0.5, 0.6) is 5.75 Å². The lowest BCUT2D eigenvalue weighted by Gasteiger charge is -2.13. The van der Waals surface area contributed by atoms with Crippen LogP contribution in [-0.2, 0) is 0 Å². The number of benzene rings is 1. The van der Waals surface area contributed by atoms with Crippen LogP contribution in [0.4, 0.5) is 0 Å². The number of carboxylic acids is 1. The minimum atomic E-state index is -0.923. The number of rotatable bonds is 5. The molecule has 1 rings (SSSR count). The highest BCUT2D eigenvalue weighted by molar-refractivity contribution is 5.88. The molecule has 0 fully saturated rings. The van der Waals surface area contributed by atoms with Crippen LogP contribution in [0.25, 0.3) is 0 Å². The third kappa shape index (κ3) is 3.26. The standard InChI is InChI=1S/C13H18O3/c1-4-9(2)8-16-12-7-11(13(14)15)6-5-10(12)3/h5-7,9H,4,8H2,1-3H3,(H,14,15). The molecule has 3 heteroatoms. The summed E-state index contributed by atoms with van der Waals surface area (Å²) >= 11 is 0. The molecule has 3 nitrogen and oxygen atoms in total. The van der Waals surface area contributed by atoms with Gasteiger partial charge < -0.3 is 9.84 Å². The Balaban J connectivity index is 2.78. The Morgan fingerprint density at radius 1 is 1.50 bits per heavy atom. The van der Waals surface area contributed by atoms with Crippen molar-refractivity contribution in [2.24, 2.45) is 5.92 Å². The van der Waals surface area contributed by atoms with Gasteiger partial charge in [-0.05, 0) is 30.5 Å². The Morgan fingerprint density at radius 2 is 2.19 bits per heavy atom. The van der Waals surface area contributed by atoms with Gasteiger partial charge in [-0.15, -0.1) is 0 Å². The van der Waals surface area contributed by atoms with Gasteiger partial charge in [0.15, 0.2) is 0 Å². The van der Waals surface area contributed by atoms with E-state index in [1.165, 1.54) is 0 Å². The van der Waals surface area contributed by atoms with Gasteiger partial charge in [0, 0.05) is 0 Å². The molecule has 0 bridgehead atoms. The Bertz CT molecular complexity index is 371. The molecular formula is C13H18O3. The van der Waals surface area contributed by atoms with E-state index in [0.29, 0.717) is 18.3 Å². The molecule has 0 saturated heterocycles. The third-order valence-corrected chi connectivity index (χ3v) is 2.66.